The first-order valence-electron chi connectivity index (χ1n) is 5.93. The Labute approximate surface area is 117 Å². The average molecular weight is 275 g/mol. The predicted octanol–water partition coefficient (Wildman–Crippen LogP) is 3.58. The van der Waals surface area contributed by atoms with E-state index in [2.05, 4.69) is 20.5 Å². The molecule has 0 spiro atoms. The summed E-state index contributed by atoms with van der Waals surface area (Å²) in [5, 5.41) is 4.99. The first-order chi connectivity index (χ1) is 9.04. The van der Waals surface area contributed by atoms with Crippen LogP contribution in [0.4, 0.5) is 5.95 Å². The molecule has 1 heterocycles. The summed E-state index contributed by atoms with van der Waals surface area (Å²) in [6, 6.07) is 9.43. The van der Waals surface area contributed by atoms with Crippen molar-refractivity contribution < 1.29 is 0 Å². The summed E-state index contributed by atoms with van der Waals surface area (Å²) < 4.78 is 0. The second-order valence-electron chi connectivity index (χ2n) is 4.29. The smallest absolute Gasteiger partial charge is 0.243 e. The van der Waals surface area contributed by atoms with Gasteiger partial charge in [-0.25, -0.2) is 15.4 Å². The Morgan fingerprint density at radius 1 is 1.11 bits per heavy atom. The van der Waals surface area contributed by atoms with Crippen molar-refractivity contribution in [2.75, 3.05) is 5.43 Å². The van der Waals surface area contributed by atoms with E-state index in [1.807, 2.05) is 51.1 Å². The predicted molar refractivity (Wildman–Crippen MR) is 78.8 cm³/mol. The highest BCUT2D eigenvalue weighted by atomic mass is 35.5. The van der Waals surface area contributed by atoms with Crippen LogP contribution in [0.5, 0.6) is 0 Å². The maximum Gasteiger partial charge on any atom is 0.243 e. The van der Waals surface area contributed by atoms with Crippen LogP contribution in [-0.2, 0) is 0 Å². The molecule has 2 rings (SSSR count). The number of aryl methyl sites for hydroxylation is 2. The van der Waals surface area contributed by atoms with Crippen LogP contribution in [-0.4, -0.2) is 15.7 Å². The summed E-state index contributed by atoms with van der Waals surface area (Å²) in [5.41, 5.74) is 6.54. The lowest BCUT2D eigenvalue weighted by Gasteiger charge is -2.04. The van der Waals surface area contributed by atoms with Crippen molar-refractivity contribution in [2.45, 2.75) is 20.8 Å². The van der Waals surface area contributed by atoms with Gasteiger partial charge < -0.3 is 0 Å². The van der Waals surface area contributed by atoms with Crippen molar-refractivity contribution in [3.63, 3.8) is 0 Å². The molecule has 0 bridgehead atoms. The maximum atomic E-state index is 5.85. The minimum atomic E-state index is 0.505. The Bertz CT molecular complexity index is 585. The van der Waals surface area contributed by atoms with Gasteiger partial charge in [0, 0.05) is 16.4 Å². The summed E-state index contributed by atoms with van der Waals surface area (Å²) >= 11 is 5.85. The fraction of sp³-hybridized carbons (Fsp3) is 0.214. The Morgan fingerprint density at radius 3 is 2.26 bits per heavy atom. The van der Waals surface area contributed by atoms with Crippen molar-refractivity contribution in [1.82, 2.24) is 9.97 Å². The molecular weight excluding hydrogens is 260 g/mol. The van der Waals surface area contributed by atoms with Crippen LogP contribution >= 0.6 is 11.6 Å². The highest BCUT2D eigenvalue weighted by Gasteiger charge is 2.00. The second kappa shape index (κ2) is 5.80. The topological polar surface area (TPSA) is 50.2 Å². The first-order valence-corrected chi connectivity index (χ1v) is 6.31. The van der Waals surface area contributed by atoms with Crippen LogP contribution in [0.25, 0.3) is 0 Å². The molecule has 1 N–H and O–H groups in total. The van der Waals surface area contributed by atoms with E-state index in [9.17, 15) is 0 Å². The van der Waals surface area contributed by atoms with E-state index >= 15 is 0 Å². The van der Waals surface area contributed by atoms with E-state index < -0.39 is 0 Å². The molecule has 0 aliphatic carbocycles. The van der Waals surface area contributed by atoms with Crippen LogP contribution in [0, 0.1) is 13.8 Å². The van der Waals surface area contributed by atoms with Gasteiger partial charge in [0.15, 0.2) is 0 Å². The third kappa shape index (κ3) is 3.76. The molecule has 0 radical (unpaired) electrons. The van der Waals surface area contributed by atoms with Gasteiger partial charge >= 0.3 is 0 Å². The van der Waals surface area contributed by atoms with Crippen LogP contribution in [0.2, 0.25) is 5.02 Å². The number of halogens is 1. The molecule has 5 heteroatoms. The third-order valence-electron chi connectivity index (χ3n) is 2.57. The van der Waals surface area contributed by atoms with Crippen LogP contribution in [0.3, 0.4) is 0 Å². The molecule has 0 atom stereocenters. The molecule has 4 nitrogen and oxygen atoms in total. The molecular formula is C14H15ClN4. The van der Waals surface area contributed by atoms with Crippen LogP contribution in [0.1, 0.15) is 23.9 Å². The van der Waals surface area contributed by atoms with Gasteiger partial charge in [-0.1, -0.05) is 23.7 Å². The fourth-order valence-electron chi connectivity index (χ4n) is 1.67. The molecule has 0 aliphatic heterocycles. The summed E-state index contributed by atoms with van der Waals surface area (Å²) in [4.78, 5) is 8.53. The molecule has 0 saturated carbocycles. The van der Waals surface area contributed by atoms with Crippen molar-refractivity contribution >= 4 is 23.3 Å². The van der Waals surface area contributed by atoms with Crippen molar-refractivity contribution in [1.29, 1.82) is 0 Å². The van der Waals surface area contributed by atoms with E-state index in [0.29, 0.717) is 11.0 Å². The zero-order valence-corrected chi connectivity index (χ0v) is 11.9. The molecule has 0 aliphatic rings. The number of nitrogens with one attached hydrogen (secondary N) is 1. The maximum absolute atomic E-state index is 5.85. The molecule has 0 unspecified atom stereocenters. The number of anilines is 1. The number of rotatable bonds is 3. The summed E-state index contributed by atoms with van der Waals surface area (Å²) in [7, 11) is 0. The Kier molecular flexibility index (Phi) is 4.12. The molecule has 0 saturated heterocycles. The molecule has 19 heavy (non-hydrogen) atoms. The van der Waals surface area contributed by atoms with Gasteiger partial charge in [0.05, 0.1) is 5.71 Å². The van der Waals surface area contributed by atoms with Gasteiger partial charge in [-0.2, -0.15) is 5.10 Å². The number of hydrogen-bond acceptors (Lipinski definition) is 4. The number of benzene rings is 1. The van der Waals surface area contributed by atoms with E-state index in [1.165, 1.54) is 0 Å². The highest BCUT2D eigenvalue weighted by Crippen LogP contribution is 2.10. The van der Waals surface area contributed by atoms with Gasteiger partial charge in [0.1, 0.15) is 0 Å². The van der Waals surface area contributed by atoms with Gasteiger partial charge in [-0.3, -0.25) is 0 Å². The largest absolute Gasteiger partial charge is 0.245 e. The minimum absolute atomic E-state index is 0.505. The monoisotopic (exact) mass is 274 g/mol. The van der Waals surface area contributed by atoms with Crippen molar-refractivity contribution in [3.05, 3.63) is 52.3 Å². The van der Waals surface area contributed by atoms with Crippen molar-refractivity contribution in [3.8, 4) is 0 Å². The first kappa shape index (κ1) is 13.5. The van der Waals surface area contributed by atoms with Gasteiger partial charge in [0.25, 0.3) is 0 Å². The van der Waals surface area contributed by atoms with E-state index in [1.54, 1.807) is 0 Å². The lowest BCUT2D eigenvalue weighted by atomic mass is 10.1. The van der Waals surface area contributed by atoms with Gasteiger partial charge in [0.2, 0.25) is 5.95 Å². The fourth-order valence-corrected chi connectivity index (χ4v) is 1.79. The zero-order chi connectivity index (χ0) is 13.8. The summed E-state index contributed by atoms with van der Waals surface area (Å²) in [5.74, 6) is 0.505. The number of nitrogens with zero attached hydrogens (tertiary/aromatic N) is 3. The molecule has 0 amide bonds. The standard InChI is InChI=1S/C14H15ClN4/c1-9-8-10(2)17-14(16-9)19-18-11(3)12-4-6-13(15)7-5-12/h4-8H,1-3H3,(H,16,17,19)/b18-11+. The molecule has 1 aromatic carbocycles. The quantitative estimate of drug-likeness (QED) is 0.687. The molecule has 2 aromatic rings. The summed E-state index contributed by atoms with van der Waals surface area (Å²) in [6.07, 6.45) is 0. The third-order valence-corrected chi connectivity index (χ3v) is 2.82. The SMILES string of the molecule is C/C(=N\Nc1nc(C)cc(C)n1)c1ccc(Cl)cc1. The Balaban J connectivity index is 2.15. The molecule has 1 aromatic heterocycles. The molecule has 0 fully saturated rings. The van der Waals surface area contributed by atoms with Crippen LogP contribution in [0.15, 0.2) is 35.4 Å². The number of aromatic nitrogens is 2. The van der Waals surface area contributed by atoms with Crippen LogP contribution < -0.4 is 5.43 Å². The number of hydrazone groups is 1. The minimum Gasteiger partial charge on any atom is -0.245 e. The number of hydrogen-bond donors (Lipinski definition) is 1. The lowest BCUT2D eigenvalue weighted by molar-refractivity contribution is 1.03. The Hall–Kier alpha value is -1.94. The Morgan fingerprint density at radius 2 is 1.68 bits per heavy atom. The average Bonchev–Trinajstić information content (AvgIpc) is 2.36. The van der Waals surface area contributed by atoms with E-state index in [-0.39, 0.29) is 0 Å². The normalized spacial score (nSPS) is 11.5. The second-order valence-corrected chi connectivity index (χ2v) is 4.73. The van der Waals surface area contributed by atoms with E-state index in [0.717, 1.165) is 22.7 Å². The van der Waals surface area contributed by atoms with E-state index in [4.69, 9.17) is 11.6 Å². The van der Waals surface area contributed by atoms with Crippen molar-refractivity contribution in [2.24, 2.45) is 5.10 Å². The van der Waals surface area contributed by atoms with Gasteiger partial charge in [-0.05, 0) is 44.5 Å². The highest BCUT2D eigenvalue weighted by molar-refractivity contribution is 6.30. The lowest BCUT2D eigenvalue weighted by Crippen LogP contribution is -2.03. The molecule has 98 valence electrons. The summed E-state index contributed by atoms with van der Waals surface area (Å²) in [6.45, 7) is 5.77. The van der Waals surface area contributed by atoms with Gasteiger partial charge in [-0.15, -0.1) is 0 Å². The zero-order valence-electron chi connectivity index (χ0n) is 11.1.